The van der Waals surface area contributed by atoms with Gasteiger partial charge in [-0.1, -0.05) is 0 Å². The molecule has 0 aliphatic carbocycles. The molecule has 3 N–H and O–H groups in total. The van der Waals surface area contributed by atoms with E-state index in [0.29, 0.717) is 63.3 Å². The first-order valence-electron chi connectivity index (χ1n) is 14.2. The Hall–Kier alpha value is -5.30. The lowest BCUT2D eigenvalue weighted by Gasteiger charge is -2.17. The molecule has 1 saturated heterocycles. The van der Waals surface area contributed by atoms with Gasteiger partial charge in [-0.15, -0.1) is 0 Å². The summed E-state index contributed by atoms with van der Waals surface area (Å²) < 4.78 is 34.0. The smallest absolute Gasteiger partial charge is 0.284 e. The van der Waals surface area contributed by atoms with E-state index in [0.717, 1.165) is 24.9 Å². The van der Waals surface area contributed by atoms with Crippen molar-refractivity contribution in [2.45, 2.75) is 32.7 Å². The molecule has 3 aromatic heterocycles. The molecule has 0 spiro atoms. The lowest BCUT2D eigenvalue weighted by atomic mass is 10.1. The number of halogens is 1. The number of rotatable bonds is 10. The van der Waals surface area contributed by atoms with Gasteiger partial charge in [0.05, 0.1) is 30.6 Å². The van der Waals surface area contributed by atoms with E-state index in [2.05, 4.69) is 36.0 Å². The highest BCUT2D eigenvalue weighted by Gasteiger charge is 2.20. The number of nitrogens with zero attached hydrogens (tertiary/aromatic N) is 5. The summed E-state index contributed by atoms with van der Waals surface area (Å²) in [7, 11) is 1.56. The van der Waals surface area contributed by atoms with Crippen LogP contribution in [0.25, 0.3) is 16.6 Å². The van der Waals surface area contributed by atoms with Crippen molar-refractivity contribution in [2.75, 3.05) is 30.9 Å². The molecule has 1 amide bonds. The number of carbonyl (C=O) groups is 1. The lowest BCUT2D eigenvalue weighted by Crippen LogP contribution is -2.21. The summed E-state index contributed by atoms with van der Waals surface area (Å²) in [5, 5.41) is 13.8. The Labute approximate surface area is 252 Å². The third kappa shape index (κ3) is 6.08. The number of methoxy groups -OCH3 is 1. The first-order valence-corrected chi connectivity index (χ1v) is 14.2. The molecule has 0 bridgehead atoms. The van der Waals surface area contributed by atoms with E-state index in [-0.39, 0.29) is 6.04 Å². The fraction of sp³-hybridized carbons (Fsp3) is 0.258. The second-order valence-electron chi connectivity index (χ2n) is 10.2. The molecule has 0 unspecified atom stereocenters. The van der Waals surface area contributed by atoms with E-state index in [1.54, 1.807) is 48.2 Å². The second kappa shape index (κ2) is 12.5. The molecule has 5 aromatic rings. The molecule has 1 aliphatic rings. The van der Waals surface area contributed by atoms with Gasteiger partial charge in [-0.05, 0) is 63.1 Å². The normalized spacial score (nSPS) is 15.0. The highest BCUT2D eigenvalue weighted by Crippen LogP contribution is 2.39. The third-order valence-corrected chi connectivity index (χ3v) is 7.18. The average molecular weight is 599 g/mol. The van der Waals surface area contributed by atoms with E-state index < -0.39 is 11.7 Å². The van der Waals surface area contributed by atoms with Crippen LogP contribution in [0, 0.1) is 6.92 Å². The highest BCUT2D eigenvalue weighted by atomic mass is 19.1. The molecule has 12 nitrogen and oxygen atoms in total. The zero-order valence-electron chi connectivity index (χ0n) is 24.4. The standard InChI is InChI=1S/C31H31FN8O4/c1-4-43-28-14-23-21(13-25(28)39-31(41)22(32)11-19-6-5-8-33-19)30(36-16-34-23)38-24-10-18(2)26(15-27(24)42-3)44-20-7-9-40-29(12-20)35-17-37-40/h7,9-17,19,33H,4-6,8H2,1-3H3,(H,39,41)(H,34,36,38)/b22-11+/t19-/m1/s1. The Kier molecular flexibility index (Phi) is 8.19. The Bertz CT molecular complexity index is 1870. The van der Waals surface area contributed by atoms with Gasteiger partial charge in [0, 0.05) is 35.8 Å². The van der Waals surface area contributed by atoms with Crippen molar-refractivity contribution in [3.05, 3.63) is 72.7 Å². The van der Waals surface area contributed by atoms with Crippen molar-refractivity contribution in [2.24, 2.45) is 0 Å². The SMILES string of the molecule is CCOc1cc2ncnc(Nc3cc(C)c(Oc4ccn5ncnc5c4)cc3OC)c2cc1NC(=O)/C(F)=C\[C@H]1CCCN1. The molecular weight excluding hydrogens is 567 g/mol. The number of fused-ring (bicyclic) bond motifs is 2. The van der Waals surface area contributed by atoms with E-state index in [9.17, 15) is 9.18 Å². The van der Waals surface area contributed by atoms with Crippen LogP contribution in [0.4, 0.5) is 21.6 Å². The third-order valence-electron chi connectivity index (χ3n) is 7.18. The zero-order valence-corrected chi connectivity index (χ0v) is 24.4. The monoisotopic (exact) mass is 598 g/mol. The van der Waals surface area contributed by atoms with Crippen LogP contribution in [0.2, 0.25) is 0 Å². The van der Waals surface area contributed by atoms with Gasteiger partial charge < -0.3 is 30.2 Å². The molecular formula is C31H31FN8O4. The fourth-order valence-corrected chi connectivity index (χ4v) is 5.00. The summed E-state index contributed by atoms with van der Waals surface area (Å²) in [5.41, 5.74) is 2.98. The van der Waals surface area contributed by atoms with E-state index >= 15 is 0 Å². The number of ether oxygens (including phenoxy) is 3. The molecule has 1 atom stereocenters. The van der Waals surface area contributed by atoms with Crippen molar-refractivity contribution in [1.29, 1.82) is 0 Å². The van der Waals surface area contributed by atoms with E-state index in [1.165, 1.54) is 18.7 Å². The van der Waals surface area contributed by atoms with Gasteiger partial charge in [0.15, 0.2) is 11.5 Å². The van der Waals surface area contributed by atoms with Gasteiger partial charge in [-0.2, -0.15) is 5.10 Å². The van der Waals surface area contributed by atoms with Gasteiger partial charge >= 0.3 is 0 Å². The van der Waals surface area contributed by atoms with Crippen molar-refractivity contribution in [3.8, 4) is 23.0 Å². The number of nitrogens with one attached hydrogen (secondary N) is 3. The van der Waals surface area contributed by atoms with Gasteiger partial charge in [0.2, 0.25) is 0 Å². The van der Waals surface area contributed by atoms with Gasteiger partial charge in [0.1, 0.15) is 41.5 Å². The van der Waals surface area contributed by atoms with Crippen LogP contribution in [0.15, 0.2) is 67.2 Å². The highest BCUT2D eigenvalue weighted by molar-refractivity contribution is 6.05. The molecule has 0 saturated carbocycles. The van der Waals surface area contributed by atoms with Crippen LogP contribution in [0.5, 0.6) is 23.0 Å². The molecule has 1 aliphatic heterocycles. The number of aromatic nitrogens is 5. The molecule has 2 aromatic carbocycles. The van der Waals surface area contributed by atoms with Crippen LogP contribution in [0.3, 0.4) is 0 Å². The van der Waals surface area contributed by atoms with Crippen LogP contribution in [-0.2, 0) is 4.79 Å². The molecule has 0 radical (unpaired) electrons. The Morgan fingerprint density at radius 1 is 1.11 bits per heavy atom. The number of aryl methyl sites for hydroxylation is 1. The molecule has 226 valence electrons. The van der Waals surface area contributed by atoms with Crippen LogP contribution in [0.1, 0.15) is 25.3 Å². The van der Waals surface area contributed by atoms with E-state index in [4.69, 9.17) is 14.2 Å². The summed E-state index contributed by atoms with van der Waals surface area (Å²) >= 11 is 0. The second-order valence-corrected chi connectivity index (χ2v) is 10.2. The summed E-state index contributed by atoms with van der Waals surface area (Å²) in [6.07, 6.45) is 7.70. The zero-order chi connectivity index (χ0) is 30.6. The Balaban J connectivity index is 1.30. The molecule has 44 heavy (non-hydrogen) atoms. The average Bonchev–Trinajstić information content (AvgIpc) is 3.71. The molecule has 6 rings (SSSR count). The quantitative estimate of drug-likeness (QED) is 0.178. The number of pyridine rings is 1. The maximum absolute atomic E-state index is 14.8. The van der Waals surface area contributed by atoms with Gasteiger partial charge in [0.25, 0.3) is 5.91 Å². The minimum absolute atomic E-state index is 0.166. The summed E-state index contributed by atoms with van der Waals surface area (Å²) in [6.45, 7) is 4.88. The van der Waals surface area contributed by atoms with Crippen LogP contribution >= 0.6 is 0 Å². The predicted molar refractivity (Wildman–Crippen MR) is 164 cm³/mol. The topological polar surface area (TPSA) is 137 Å². The number of anilines is 3. The van der Waals surface area contributed by atoms with Gasteiger partial charge in [-0.25, -0.2) is 23.9 Å². The summed E-state index contributed by atoms with van der Waals surface area (Å²) in [5.74, 6) is 0.794. The largest absolute Gasteiger partial charge is 0.494 e. The van der Waals surface area contributed by atoms with Crippen LogP contribution in [-0.4, -0.2) is 56.8 Å². The van der Waals surface area contributed by atoms with Gasteiger partial charge in [-0.3, -0.25) is 4.79 Å². The maximum atomic E-state index is 14.8. The maximum Gasteiger partial charge on any atom is 0.284 e. The van der Waals surface area contributed by atoms with Crippen molar-refractivity contribution in [1.82, 2.24) is 29.9 Å². The number of hydrogen-bond donors (Lipinski definition) is 3. The fourth-order valence-electron chi connectivity index (χ4n) is 5.00. The van der Waals surface area contributed by atoms with Crippen molar-refractivity contribution < 1.29 is 23.4 Å². The molecule has 4 heterocycles. The number of carbonyl (C=O) groups excluding carboxylic acids is 1. The van der Waals surface area contributed by atoms with E-state index in [1.807, 2.05) is 19.9 Å². The number of benzene rings is 2. The first kappa shape index (κ1) is 28.8. The predicted octanol–water partition coefficient (Wildman–Crippen LogP) is 5.47. The summed E-state index contributed by atoms with van der Waals surface area (Å²) in [6, 6.07) is 10.4. The Morgan fingerprint density at radius 2 is 2.00 bits per heavy atom. The molecule has 13 heteroatoms. The summed E-state index contributed by atoms with van der Waals surface area (Å²) in [4.78, 5) is 25.8. The lowest BCUT2D eigenvalue weighted by molar-refractivity contribution is -0.114. The first-order chi connectivity index (χ1) is 21.4. The molecule has 1 fully saturated rings. The number of amides is 1. The Morgan fingerprint density at radius 3 is 2.80 bits per heavy atom. The van der Waals surface area contributed by atoms with Crippen molar-refractivity contribution >= 4 is 39.6 Å². The minimum atomic E-state index is -0.863. The van der Waals surface area contributed by atoms with Crippen molar-refractivity contribution in [3.63, 3.8) is 0 Å². The van der Waals surface area contributed by atoms with Crippen LogP contribution < -0.4 is 30.2 Å². The number of hydrogen-bond acceptors (Lipinski definition) is 10. The minimum Gasteiger partial charge on any atom is -0.494 e.